The normalized spacial score (nSPS) is 16.9. The Hall–Kier alpha value is -2.73. The second-order valence-corrected chi connectivity index (χ2v) is 7.84. The van der Waals surface area contributed by atoms with Gasteiger partial charge >= 0.3 is 0 Å². The monoisotopic (exact) mass is 379 g/mol. The number of nitrogens with zero attached hydrogens (tertiary/aromatic N) is 2. The summed E-state index contributed by atoms with van der Waals surface area (Å²) in [6.45, 7) is 2.91. The van der Waals surface area contributed by atoms with Crippen LogP contribution in [0.1, 0.15) is 23.9 Å². The minimum Gasteiger partial charge on any atom is -0.349 e. The van der Waals surface area contributed by atoms with Crippen molar-refractivity contribution in [2.24, 2.45) is 5.92 Å². The molecule has 1 N–H and O–H groups in total. The van der Waals surface area contributed by atoms with Crippen molar-refractivity contribution < 1.29 is 9.59 Å². The Morgan fingerprint density at radius 3 is 2.93 bits per heavy atom. The first-order chi connectivity index (χ1) is 13.1. The van der Waals surface area contributed by atoms with Crippen molar-refractivity contribution in [2.45, 2.75) is 26.3 Å². The van der Waals surface area contributed by atoms with Gasteiger partial charge in [-0.15, -0.1) is 11.3 Å². The van der Waals surface area contributed by atoms with Gasteiger partial charge < -0.3 is 10.2 Å². The molecule has 0 bridgehead atoms. The predicted molar refractivity (Wildman–Crippen MR) is 108 cm³/mol. The molecule has 1 atom stereocenters. The molecule has 27 heavy (non-hydrogen) atoms. The Morgan fingerprint density at radius 1 is 1.26 bits per heavy atom. The number of aromatic nitrogens is 1. The Labute approximate surface area is 162 Å². The average Bonchev–Trinajstić information content (AvgIpc) is 3.29. The summed E-state index contributed by atoms with van der Waals surface area (Å²) in [6, 6.07) is 15.9. The number of amides is 2. The molecule has 2 heterocycles. The van der Waals surface area contributed by atoms with Gasteiger partial charge in [-0.3, -0.25) is 9.59 Å². The molecule has 1 aliphatic rings. The van der Waals surface area contributed by atoms with E-state index in [1.54, 1.807) is 16.2 Å². The smallest absolute Gasteiger partial charge is 0.227 e. The molecule has 6 heteroatoms. The number of carbonyl (C=O) groups excluding carboxylic acids is 2. The maximum Gasteiger partial charge on any atom is 0.227 e. The zero-order chi connectivity index (χ0) is 18.8. The van der Waals surface area contributed by atoms with Crippen LogP contribution in [0.25, 0.3) is 10.2 Å². The molecule has 2 amide bonds. The number of anilines is 1. The van der Waals surface area contributed by atoms with E-state index in [1.165, 1.54) is 5.56 Å². The van der Waals surface area contributed by atoms with Gasteiger partial charge in [-0.25, -0.2) is 4.98 Å². The van der Waals surface area contributed by atoms with Crippen LogP contribution in [-0.4, -0.2) is 23.3 Å². The Kier molecular flexibility index (Phi) is 4.90. The number of carbonyl (C=O) groups is 2. The van der Waals surface area contributed by atoms with Crippen molar-refractivity contribution in [1.29, 1.82) is 0 Å². The van der Waals surface area contributed by atoms with Crippen LogP contribution in [0.3, 0.4) is 0 Å². The lowest BCUT2D eigenvalue weighted by Crippen LogP contribution is -2.32. The van der Waals surface area contributed by atoms with E-state index in [4.69, 9.17) is 0 Å². The van der Waals surface area contributed by atoms with E-state index >= 15 is 0 Å². The molecule has 0 spiro atoms. The Morgan fingerprint density at radius 2 is 2.11 bits per heavy atom. The highest BCUT2D eigenvalue weighted by Crippen LogP contribution is 2.26. The Balaban J connectivity index is 1.40. The zero-order valence-electron chi connectivity index (χ0n) is 15.1. The van der Waals surface area contributed by atoms with Gasteiger partial charge in [0, 0.05) is 18.7 Å². The second kappa shape index (κ2) is 7.48. The lowest BCUT2D eigenvalue weighted by molar-refractivity contribution is -0.126. The van der Waals surface area contributed by atoms with E-state index in [-0.39, 0.29) is 24.2 Å². The topological polar surface area (TPSA) is 62.3 Å². The molecule has 2 aromatic carbocycles. The largest absolute Gasteiger partial charge is 0.349 e. The van der Waals surface area contributed by atoms with E-state index in [9.17, 15) is 9.59 Å². The van der Waals surface area contributed by atoms with Gasteiger partial charge in [-0.1, -0.05) is 31.2 Å². The fraction of sp³-hybridized carbons (Fsp3) is 0.286. The van der Waals surface area contributed by atoms with E-state index in [0.29, 0.717) is 13.1 Å². The number of aryl methyl sites for hydroxylation is 1. The quantitative estimate of drug-likeness (QED) is 0.738. The zero-order valence-corrected chi connectivity index (χ0v) is 16.0. The average molecular weight is 379 g/mol. The molecule has 1 fully saturated rings. The van der Waals surface area contributed by atoms with E-state index < -0.39 is 0 Å². The SMILES string of the molecule is CCc1cccc(N2CC(C(=O)NCc3nc4ccccc4s3)CC2=O)c1. The molecule has 0 saturated carbocycles. The summed E-state index contributed by atoms with van der Waals surface area (Å²) in [5.74, 6) is -0.405. The number of benzene rings is 2. The lowest BCUT2D eigenvalue weighted by Gasteiger charge is -2.17. The summed E-state index contributed by atoms with van der Waals surface area (Å²) in [5, 5.41) is 3.82. The van der Waals surface area contributed by atoms with Gasteiger partial charge in [-0.05, 0) is 36.2 Å². The van der Waals surface area contributed by atoms with Gasteiger partial charge in [0.15, 0.2) is 0 Å². The second-order valence-electron chi connectivity index (χ2n) is 6.72. The maximum atomic E-state index is 12.6. The van der Waals surface area contributed by atoms with Crippen molar-refractivity contribution in [3.63, 3.8) is 0 Å². The lowest BCUT2D eigenvalue weighted by atomic mass is 10.1. The molecule has 0 radical (unpaired) electrons. The molecule has 138 valence electrons. The van der Waals surface area contributed by atoms with Crippen LogP contribution in [0.5, 0.6) is 0 Å². The molecular weight excluding hydrogens is 358 g/mol. The molecule has 4 rings (SSSR count). The maximum absolute atomic E-state index is 12.6. The molecule has 1 aliphatic heterocycles. The number of fused-ring (bicyclic) bond motifs is 1. The Bertz CT molecular complexity index is 965. The van der Waals surface area contributed by atoms with E-state index in [1.807, 2.05) is 48.5 Å². The van der Waals surface area contributed by atoms with Crippen LogP contribution in [0.4, 0.5) is 5.69 Å². The third-order valence-corrected chi connectivity index (χ3v) is 5.91. The van der Waals surface area contributed by atoms with Crippen LogP contribution in [0, 0.1) is 5.92 Å². The molecular formula is C21H21N3O2S. The fourth-order valence-electron chi connectivity index (χ4n) is 3.38. The van der Waals surface area contributed by atoms with Gasteiger partial charge in [0.05, 0.1) is 22.7 Å². The highest BCUT2D eigenvalue weighted by atomic mass is 32.1. The summed E-state index contributed by atoms with van der Waals surface area (Å²) in [7, 11) is 0. The van der Waals surface area contributed by atoms with Crippen LogP contribution in [0.15, 0.2) is 48.5 Å². The summed E-state index contributed by atoms with van der Waals surface area (Å²) in [4.78, 5) is 31.2. The first-order valence-electron chi connectivity index (χ1n) is 9.15. The number of nitrogens with one attached hydrogen (secondary N) is 1. The molecule has 0 aliphatic carbocycles. The van der Waals surface area contributed by atoms with Gasteiger partial charge in [0.1, 0.15) is 5.01 Å². The highest BCUT2D eigenvalue weighted by Gasteiger charge is 2.35. The van der Waals surface area contributed by atoms with Crippen LogP contribution in [-0.2, 0) is 22.6 Å². The standard InChI is InChI=1S/C21H21N3O2S/c1-2-14-6-5-7-16(10-14)24-13-15(11-20(24)25)21(26)22-12-19-23-17-8-3-4-9-18(17)27-19/h3-10,15H,2,11-13H2,1H3,(H,22,26). The third-order valence-electron chi connectivity index (χ3n) is 4.88. The minimum atomic E-state index is -0.322. The van der Waals surface area contributed by atoms with Crippen molar-refractivity contribution in [2.75, 3.05) is 11.4 Å². The summed E-state index contributed by atoms with van der Waals surface area (Å²) >= 11 is 1.58. The van der Waals surface area contributed by atoms with Gasteiger partial charge in [-0.2, -0.15) is 0 Å². The van der Waals surface area contributed by atoms with E-state index in [2.05, 4.69) is 17.2 Å². The summed E-state index contributed by atoms with van der Waals surface area (Å²) in [5.41, 5.74) is 3.01. The van der Waals surface area contributed by atoms with Crippen molar-refractivity contribution >= 4 is 39.1 Å². The summed E-state index contributed by atoms with van der Waals surface area (Å²) in [6.07, 6.45) is 1.17. The fourth-order valence-corrected chi connectivity index (χ4v) is 4.29. The molecule has 1 unspecified atom stereocenters. The highest BCUT2D eigenvalue weighted by molar-refractivity contribution is 7.18. The van der Waals surface area contributed by atoms with E-state index in [0.717, 1.165) is 27.3 Å². The minimum absolute atomic E-state index is 0.00314. The van der Waals surface area contributed by atoms with Gasteiger partial charge in [0.2, 0.25) is 11.8 Å². The van der Waals surface area contributed by atoms with Crippen LogP contribution >= 0.6 is 11.3 Å². The number of rotatable bonds is 5. The number of hydrogen-bond acceptors (Lipinski definition) is 4. The number of thiazole rings is 1. The van der Waals surface area contributed by atoms with Crippen molar-refractivity contribution in [3.8, 4) is 0 Å². The predicted octanol–water partition coefficient (Wildman–Crippen LogP) is 3.53. The molecule has 1 aromatic heterocycles. The molecule has 3 aromatic rings. The summed E-state index contributed by atoms with van der Waals surface area (Å²) < 4.78 is 1.11. The van der Waals surface area contributed by atoms with Crippen LogP contribution in [0.2, 0.25) is 0 Å². The number of hydrogen-bond donors (Lipinski definition) is 1. The number of para-hydroxylation sites is 1. The van der Waals surface area contributed by atoms with Crippen LogP contribution < -0.4 is 10.2 Å². The third kappa shape index (κ3) is 3.71. The van der Waals surface area contributed by atoms with Gasteiger partial charge in [0.25, 0.3) is 0 Å². The molecule has 1 saturated heterocycles. The van der Waals surface area contributed by atoms with Crippen molar-refractivity contribution in [1.82, 2.24) is 10.3 Å². The van der Waals surface area contributed by atoms with Crippen molar-refractivity contribution in [3.05, 3.63) is 59.1 Å². The first kappa shape index (κ1) is 17.7. The first-order valence-corrected chi connectivity index (χ1v) is 9.97. The molecule has 5 nitrogen and oxygen atoms in total.